The van der Waals surface area contributed by atoms with Crippen molar-refractivity contribution < 1.29 is 21.2 Å². The van der Waals surface area contributed by atoms with E-state index in [1.54, 1.807) is 0 Å². The molecule has 0 heterocycles. The summed E-state index contributed by atoms with van der Waals surface area (Å²) < 4.78 is 63.4. The Labute approximate surface area is 117 Å². The van der Waals surface area contributed by atoms with Crippen molar-refractivity contribution in [1.29, 1.82) is 0 Å². The van der Waals surface area contributed by atoms with Gasteiger partial charge in [0.25, 0.3) is 0 Å². The molecule has 0 spiro atoms. The fourth-order valence-corrected chi connectivity index (χ4v) is 2.99. The van der Waals surface area contributed by atoms with Crippen LogP contribution in [0, 0.1) is 5.82 Å². The molecule has 4 N–H and O–H groups in total. The first-order chi connectivity index (χ1) is 9.15. The summed E-state index contributed by atoms with van der Waals surface area (Å²) in [5, 5.41) is 0. The van der Waals surface area contributed by atoms with E-state index in [2.05, 4.69) is 4.72 Å². The van der Waals surface area contributed by atoms with Gasteiger partial charge in [-0.15, -0.1) is 0 Å². The number of hydrogen-bond donors (Lipinski definition) is 3. The number of halogens is 1. The highest BCUT2D eigenvalue weighted by Gasteiger charge is 2.16. The topological polar surface area (TPSA) is 118 Å². The van der Waals surface area contributed by atoms with Gasteiger partial charge in [0.05, 0.1) is 16.8 Å². The molecule has 1 rings (SSSR count). The van der Waals surface area contributed by atoms with Gasteiger partial charge in [0.1, 0.15) is 5.82 Å². The van der Waals surface area contributed by atoms with Crippen LogP contribution in [-0.2, 0) is 20.0 Å². The lowest BCUT2D eigenvalue weighted by Gasteiger charge is -2.09. The van der Waals surface area contributed by atoms with E-state index in [0.29, 0.717) is 13.0 Å². The average molecular weight is 325 g/mol. The number of sulfonamides is 2. The van der Waals surface area contributed by atoms with E-state index < -0.39 is 25.9 Å². The third kappa shape index (κ3) is 5.04. The Hall–Kier alpha value is -1.23. The molecule has 0 aliphatic carbocycles. The summed E-state index contributed by atoms with van der Waals surface area (Å²) in [7, 11) is -7.47. The molecule has 0 bridgehead atoms. The first kappa shape index (κ1) is 16.8. The maximum atomic E-state index is 13.7. The SMILES string of the molecule is CS(=O)(=O)Nc1ccc(S(=O)(=O)NCCCN)cc1F. The van der Waals surface area contributed by atoms with Crippen LogP contribution in [-0.4, -0.2) is 36.2 Å². The second-order valence-electron chi connectivity index (χ2n) is 4.06. The van der Waals surface area contributed by atoms with Crippen LogP contribution in [0.5, 0.6) is 0 Å². The molecule has 20 heavy (non-hydrogen) atoms. The van der Waals surface area contributed by atoms with Crippen LogP contribution >= 0.6 is 0 Å². The number of nitrogens with two attached hydrogens (primary N) is 1. The van der Waals surface area contributed by atoms with Gasteiger partial charge >= 0.3 is 0 Å². The number of rotatable bonds is 7. The molecule has 0 aliphatic heterocycles. The lowest BCUT2D eigenvalue weighted by atomic mass is 10.3. The molecule has 0 amide bonds. The van der Waals surface area contributed by atoms with Crippen LogP contribution in [0.1, 0.15) is 6.42 Å². The molecular weight excluding hydrogens is 309 g/mol. The Morgan fingerprint density at radius 1 is 1.25 bits per heavy atom. The highest BCUT2D eigenvalue weighted by molar-refractivity contribution is 7.92. The molecule has 0 saturated carbocycles. The molecule has 0 unspecified atom stereocenters. The Balaban J connectivity index is 2.97. The number of benzene rings is 1. The predicted molar refractivity (Wildman–Crippen MR) is 73.7 cm³/mol. The zero-order chi connectivity index (χ0) is 15.4. The smallest absolute Gasteiger partial charge is 0.240 e. The third-order valence-electron chi connectivity index (χ3n) is 2.22. The van der Waals surface area contributed by atoms with Crippen LogP contribution in [0.2, 0.25) is 0 Å². The van der Waals surface area contributed by atoms with Crippen molar-refractivity contribution >= 4 is 25.7 Å². The highest BCUT2D eigenvalue weighted by Crippen LogP contribution is 2.19. The van der Waals surface area contributed by atoms with Crippen LogP contribution in [0.15, 0.2) is 23.1 Å². The molecule has 114 valence electrons. The van der Waals surface area contributed by atoms with E-state index in [0.717, 1.165) is 24.5 Å². The quantitative estimate of drug-likeness (QED) is 0.601. The molecule has 0 radical (unpaired) electrons. The number of anilines is 1. The van der Waals surface area contributed by atoms with Gasteiger partial charge in [-0.2, -0.15) is 0 Å². The van der Waals surface area contributed by atoms with Crippen LogP contribution in [0.25, 0.3) is 0 Å². The maximum absolute atomic E-state index is 13.7. The van der Waals surface area contributed by atoms with Gasteiger partial charge in [0.2, 0.25) is 20.0 Å². The Bertz CT molecular complexity index is 674. The molecule has 0 fully saturated rings. The number of nitrogens with one attached hydrogen (secondary N) is 2. The summed E-state index contributed by atoms with van der Waals surface area (Å²) in [6.45, 7) is 0.470. The summed E-state index contributed by atoms with van der Waals surface area (Å²) in [4.78, 5) is -0.286. The minimum atomic E-state index is -3.84. The maximum Gasteiger partial charge on any atom is 0.240 e. The Morgan fingerprint density at radius 2 is 1.90 bits per heavy atom. The zero-order valence-corrected chi connectivity index (χ0v) is 12.4. The van der Waals surface area contributed by atoms with E-state index in [1.807, 2.05) is 4.72 Å². The van der Waals surface area contributed by atoms with Crippen LogP contribution in [0.3, 0.4) is 0 Å². The molecule has 1 aromatic carbocycles. The van der Waals surface area contributed by atoms with Gasteiger partial charge in [-0.1, -0.05) is 0 Å². The average Bonchev–Trinajstić information content (AvgIpc) is 2.30. The normalized spacial score (nSPS) is 12.3. The first-order valence-corrected chi connectivity index (χ1v) is 9.00. The van der Waals surface area contributed by atoms with Crippen molar-refractivity contribution in [2.75, 3.05) is 24.1 Å². The Kier molecular flexibility index (Phi) is 5.45. The number of hydrogen-bond acceptors (Lipinski definition) is 5. The molecule has 10 heteroatoms. The molecule has 7 nitrogen and oxygen atoms in total. The Morgan fingerprint density at radius 3 is 2.40 bits per heavy atom. The van der Waals surface area contributed by atoms with Crippen molar-refractivity contribution in [1.82, 2.24) is 4.72 Å². The summed E-state index contributed by atoms with van der Waals surface area (Å²) in [6, 6.07) is 2.91. The summed E-state index contributed by atoms with van der Waals surface area (Å²) in [5.41, 5.74) is 4.93. The van der Waals surface area contributed by atoms with E-state index in [-0.39, 0.29) is 17.1 Å². The molecule has 0 atom stereocenters. The third-order valence-corrected chi connectivity index (χ3v) is 4.27. The van der Waals surface area contributed by atoms with Gasteiger partial charge in [0, 0.05) is 6.54 Å². The largest absolute Gasteiger partial charge is 0.330 e. The van der Waals surface area contributed by atoms with E-state index >= 15 is 0 Å². The summed E-state index contributed by atoms with van der Waals surface area (Å²) in [6.07, 6.45) is 1.32. The van der Waals surface area contributed by atoms with Crippen molar-refractivity contribution in [3.8, 4) is 0 Å². The van der Waals surface area contributed by atoms with Crippen molar-refractivity contribution in [2.45, 2.75) is 11.3 Å². The van der Waals surface area contributed by atoms with Crippen molar-refractivity contribution in [3.05, 3.63) is 24.0 Å². The predicted octanol–water partition coefficient (Wildman–Crippen LogP) is -0.176. The van der Waals surface area contributed by atoms with Gasteiger partial charge in [-0.05, 0) is 31.2 Å². The first-order valence-electron chi connectivity index (χ1n) is 5.63. The van der Waals surface area contributed by atoms with Crippen LogP contribution < -0.4 is 15.2 Å². The van der Waals surface area contributed by atoms with Gasteiger partial charge in [0.15, 0.2) is 0 Å². The minimum Gasteiger partial charge on any atom is -0.330 e. The van der Waals surface area contributed by atoms with Crippen molar-refractivity contribution in [2.24, 2.45) is 5.73 Å². The molecule has 0 aromatic heterocycles. The second-order valence-corrected chi connectivity index (χ2v) is 7.57. The van der Waals surface area contributed by atoms with E-state index in [1.165, 1.54) is 0 Å². The fraction of sp³-hybridized carbons (Fsp3) is 0.400. The summed E-state index contributed by atoms with van der Waals surface area (Å²) in [5.74, 6) is -0.975. The molecule has 0 aliphatic rings. The lowest BCUT2D eigenvalue weighted by Crippen LogP contribution is -2.26. The highest BCUT2D eigenvalue weighted by atomic mass is 32.2. The molecular formula is C10H16FN3O4S2. The van der Waals surface area contributed by atoms with Crippen LogP contribution in [0.4, 0.5) is 10.1 Å². The zero-order valence-electron chi connectivity index (χ0n) is 10.8. The molecule has 0 saturated heterocycles. The van der Waals surface area contributed by atoms with E-state index in [9.17, 15) is 21.2 Å². The monoisotopic (exact) mass is 325 g/mol. The lowest BCUT2D eigenvalue weighted by molar-refractivity contribution is 0.576. The fourth-order valence-electron chi connectivity index (χ4n) is 1.34. The van der Waals surface area contributed by atoms with Gasteiger partial charge < -0.3 is 5.73 Å². The molecule has 1 aromatic rings. The van der Waals surface area contributed by atoms with E-state index in [4.69, 9.17) is 5.73 Å². The standard InChI is InChI=1S/C10H16FN3O4S2/c1-19(15,16)14-10-4-3-8(7-9(10)11)20(17,18)13-6-2-5-12/h3-4,7,13-14H,2,5-6,12H2,1H3. The minimum absolute atomic E-state index is 0.143. The van der Waals surface area contributed by atoms with Gasteiger partial charge in [-0.25, -0.2) is 25.9 Å². The van der Waals surface area contributed by atoms with Gasteiger partial charge in [-0.3, -0.25) is 4.72 Å². The second kappa shape index (κ2) is 6.48. The summed E-state index contributed by atoms with van der Waals surface area (Å²) >= 11 is 0. The van der Waals surface area contributed by atoms with Crippen molar-refractivity contribution in [3.63, 3.8) is 0 Å².